The van der Waals surface area contributed by atoms with Gasteiger partial charge in [-0.15, -0.1) is 0 Å². The topological polar surface area (TPSA) is 24.9 Å². The molecule has 1 aliphatic rings. The lowest BCUT2D eigenvalue weighted by Gasteiger charge is -2.20. The van der Waals surface area contributed by atoms with Crippen LogP contribution in [0, 0.1) is 11.8 Å². The average molecular weight is 282 g/mol. The van der Waals surface area contributed by atoms with Gasteiger partial charge in [-0.3, -0.25) is 4.98 Å². The van der Waals surface area contributed by atoms with Gasteiger partial charge in [0.05, 0.1) is 0 Å². The maximum absolute atomic E-state index is 4.28. The summed E-state index contributed by atoms with van der Waals surface area (Å²) in [7, 11) is 0. The molecule has 0 saturated heterocycles. The smallest absolute Gasteiger partial charge is 0.0437 e. The number of rotatable bonds is 3. The fourth-order valence-corrected chi connectivity index (χ4v) is 3.60. The van der Waals surface area contributed by atoms with Crippen LogP contribution in [0.1, 0.15) is 46.0 Å². The minimum absolute atomic E-state index is 0.611. The van der Waals surface area contributed by atoms with Crippen molar-refractivity contribution in [2.45, 2.75) is 52.0 Å². The van der Waals surface area contributed by atoms with Gasteiger partial charge in [0.25, 0.3) is 0 Å². The summed E-state index contributed by atoms with van der Waals surface area (Å²) in [5.41, 5.74) is 1.24. The van der Waals surface area contributed by atoms with E-state index in [1.165, 1.54) is 48.6 Å². The summed E-state index contributed by atoms with van der Waals surface area (Å²) in [6.45, 7) is 4.74. The number of hydrogen-bond acceptors (Lipinski definition) is 2. The molecule has 1 aromatic carbocycles. The highest BCUT2D eigenvalue weighted by Gasteiger charge is 2.21. The van der Waals surface area contributed by atoms with Crippen LogP contribution in [-0.4, -0.2) is 11.0 Å². The molecule has 0 bridgehead atoms. The predicted octanol–water partition coefficient (Wildman–Crippen LogP) is 5.25. The summed E-state index contributed by atoms with van der Waals surface area (Å²) < 4.78 is 0. The van der Waals surface area contributed by atoms with E-state index in [0.717, 1.165) is 11.8 Å². The van der Waals surface area contributed by atoms with Crippen LogP contribution in [0.25, 0.3) is 10.8 Å². The quantitative estimate of drug-likeness (QED) is 0.777. The highest BCUT2D eigenvalue weighted by molar-refractivity contribution is 5.93. The number of nitrogens with zero attached hydrogens (tertiary/aromatic N) is 1. The van der Waals surface area contributed by atoms with Crippen LogP contribution >= 0.6 is 0 Å². The molecule has 3 rings (SSSR count). The number of pyridine rings is 1. The summed E-state index contributed by atoms with van der Waals surface area (Å²) in [5, 5.41) is 6.29. The number of fused-ring (bicyclic) bond motifs is 1. The SMILES string of the molecule is CC(C)C1CCCC(Nc2cccc3ccncc23)CC1. The van der Waals surface area contributed by atoms with Gasteiger partial charge in [-0.05, 0) is 48.6 Å². The molecule has 2 nitrogen and oxygen atoms in total. The fraction of sp³-hybridized carbons (Fsp3) is 0.526. The van der Waals surface area contributed by atoms with Gasteiger partial charge in [0, 0.05) is 29.5 Å². The van der Waals surface area contributed by atoms with Crippen molar-refractivity contribution < 1.29 is 0 Å². The van der Waals surface area contributed by atoms with E-state index in [1.807, 2.05) is 12.4 Å². The van der Waals surface area contributed by atoms with E-state index in [-0.39, 0.29) is 0 Å². The van der Waals surface area contributed by atoms with E-state index in [4.69, 9.17) is 0 Å². The molecule has 1 N–H and O–H groups in total. The predicted molar refractivity (Wildman–Crippen MR) is 90.6 cm³/mol. The van der Waals surface area contributed by atoms with Crippen LogP contribution in [-0.2, 0) is 0 Å². The lowest BCUT2D eigenvalue weighted by atomic mass is 9.89. The van der Waals surface area contributed by atoms with Crippen LogP contribution in [0.2, 0.25) is 0 Å². The molecule has 0 radical (unpaired) electrons. The first-order valence-corrected chi connectivity index (χ1v) is 8.33. The van der Waals surface area contributed by atoms with Gasteiger partial charge < -0.3 is 5.32 Å². The average Bonchev–Trinajstić information content (AvgIpc) is 2.73. The van der Waals surface area contributed by atoms with Gasteiger partial charge in [-0.1, -0.05) is 38.8 Å². The van der Waals surface area contributed by atoms with E-state index >= 15 is 0 Å². The maximum Gasteiger partial charge on any atom is 0.0437 e. The highest BCUT2D eigenvalue weighted by Crippen LogP contribution is 2.31. The molecule has 2 unspecified atom stereocenters. The van der Waals surface area contributed by atoms with E-state index < -0.39 is 0 Å². The maximum atomic E-state index is 4.28. The fourth-order valence-electron chi connectivity index (χ4n) is 3.60. The number of anilines is 1. The summed E-state index contributed by atoms with van der Waals surface area (Å²) in [6, 6.07) is 9.18. The molecular weight excluding hydrogens is 256 g/mol. The minimum atomic E-state index is 0.611. The van der Waals surface area contributed by atoms with Crippen LogP contribution in [0.3, 0.4) is 0 Å². The first-order chi connectivity index (χ1) is 10.2. The number of benzene rings is 1. The van der Waals surface area contributed by atoms with Crippen molar-refractivity contribution in [1.82, 2.24) is 4.98 Å². The van der Waals surface area contributed by atoms with Crippen LogP contribution < -0.4 is 5.32 Å². The molecule has 2 atom stereocenters. The van der Waals surface area contributed by atoms with Crippen molar-refractivity contribution in [3.8, 4) is 0 Å². The van der Waals surface area contributed by atoms with Crippen molar-refractivity contribution in [3.63, 3.8) is 0 Å². The van der Waals surface area contributed by atoms with E-state index in [9.17, 15) is 0 Å². The Morgan fingerprint density at radius 3 is 2.86 bits per heavy atom. The zero-order chi connectivity index (χ0) is 14.7. The molecule has 0 amide bonds. The van der Waals surface area contributed by atoms with Gasteiger partial charge in [0.2, 0.25) is 0 Å². The third-order valence-electron chi connectivity index (χ3n) is 5.00. The third kappa shape index (κ3) is 3.37. The third-order valence-corrected chi connectivity index (χ3v) is 5.00. The Morgan fingerprint density at radius 2 is 2.00 bits per heavy atom. The summed E-state index contributed by atoms with van der Waals surface area (Å²) in [6.07, 6.45) is 10.5. The molecule has 1 saturated carbocycles. The van der Waals surface area contributed by atoms with Crippen LogP contribution in [0.5, 0.6) is 0 Å². The monoisotopic (exact) mass is 282 g/mol. The second kappa shape index (κ2) is 6.46. The lowest BCUT2D eigenvalue weighted by Crippen LogP contribution is -2.19. The van der Waals surface area contributed by atoms with Crippen molar-refractivity contribution in [1.29, 1.82) is 0 Å². The molecule has 1 aromatic heterocycles. The highest BCUT2D eigenvalue weighted by atomic mass is 14.9. The largest absolute Gasteiger partial charge is 0.382 e. The summed E-state index contributed by atoms with van der Waals surface area (Å²) >= 11 is 0. The summed E-state index contributed by atoms with van der Waals surface area (Å²) in [5.74, 6) is 1.73. The molecule has 1 fully saturated rings. The molecule has 112 valence electrons. The van der Waals surface area contributed by atoms with Crippen LogP contribution in [0.4, 0.5) is 5.69 Å². The van der Waals surface area contributed by atoms with E-state index in [0.29, 0.717) is 6.04 Å². The van der Waals surface area contributed by atoms with Crippen molar-refractivity contribution in [2.75, 3.05) is 5.32 Å². The summed E-state index contributed by atoms with van der Waals surface area (Å²) in [4.78, 5) is 4.28. The molecule has 1 heterocycles. The van der Waals surface area contributed by atoms with E-state index in [2.05, 4.69) is 48.4 Å². The van der Waals surface area contributed by atoms with Gasteiger partial charge in [0.15, 0.2) is 0 Å². The van der Waals surface area contributed by atoms with Gasteiger partial charge in [0.1, 0.15) is 0 Å². The number of hydrogen-bond donors (Lipinski definition) is 1. The molecular formula is C19H26N2. The first-order valence-electron chi connectivity index (χ1n) is 8.33. The van der Waals surface area contributed by atoms with Gasteiger partial charge in [-0.2, -0.15) is 0 Å². The molecule has 1 aliphatic carbocycles. The Balaban J connectivity index is 1.73. The van der Waals surface area contributed by atoms with Crippen molar-refractivity contribution >= 4 is 16.5 Å². The number of nitrogens with one attached hydrogen (secondary N) is 1. The second-order valence-electron chi connectivity index (χ2n) is 6.76. The Kier molecular flexibility index (Phi) is 4.42. The second-order valence-corrected chi connectivity index (χ2v) is 6.76. The zero-order valence-electron chi connectivity index (χ0n) is 13.2. The zero-order valence-corrected chi connectivity index (χ0v) is 13.2. The van der Waals surface area contributed by atoms with Crippen molar-refractivity contribution in [3.05, 3.63) is 36.7 Å². The lowest BCUT2D eigenvalue weighted by molar-refractivity contribution is 0.341. The first kappa shape index (κ1) is 14.4. The number of aromatic nitrogens is 1. The Hall–Kier alpha value is -1.57. The van der Waals surface area contributed by atoms with E-state index in [1.54, 1.807) is 0 Å². The normalized spacial score (nSPS) is 23.2. The minimum Gasteiger partial charge on any atom is -0.382 e. The Bertz CT molecular complexity index is 586. The molecule has 21 heavy (non-hydrogen) atoms. The van der Waals surface area contributed by atoms with Crippen molar-refractivity contribution in [2.24, 2.45) is 11.8 Å². The van der Waals surface area contributed by atoms with Gasteiger partial charge >= 0.3 is 0 Å². The van der Waals surface area contributed by atoms with Crippen LogP contribution in [0.15, 0.2) is 36.7 Å². The molecule has 2 aromatic rings. The van der Waals surface area contributed by atoms with Gasteiger partial charge in [-0.25, -0.2) is 0 Å². The Labute approximate surface area is 128 Å². The molecule has 0 spiro atoms. The molecule has 0 aliphatic heterocycles. The Morgan fingerprint density at radius 1 is 1.10 bits per heavy atom. The standard InChI is InChI=1S/C19H26N2/c1-14(2)15-5-3-7-17(10-9-15)21-19-8-4-6-16-11-12-20-13-18(16)19/h4,6,8,11-15,17,21H,3,5,7,9-10H2,1-2H3. The molecule has 2 heteroatoms.